The smallest absolute Gasteiger partial charge is 0.157 e. The molecule has 1 fully saturated rings. The van der Waals surface area contributed by atoms with Gasteiger partial charge in [0.25, 0.3) is 0 Å². The zero-order chi connectivity index (χ0) is 12.5. The van der Waals surface area contributed by atoms with E-state index in [-0.39, 0.29) is 0 Å². The van der Waals surface area contributed by atoms with Crippen LogP contribution in [-0.4, -0.2) is 14.7 Å². The summed E-state index contributed by atoms with van der Waals surface area (Å²) in [7, 11) is -3.11. The average molecular weight is 253 g/mol. The lowest BCUT2D eigenvalue weighted by Gasteiger charge is -2.29. The van der Waals surface area contributed by atoms with E-state index >= 15 is 0 Å². The quantitative estimate of drug-likeness (QED) is 0.895. The van der Waals surface area contributed by atoms with E-state index in [4.69, 9.17) is 5.73 Å². The van der Waals surface area contributed by atoms with Gasteiger partial charge in [-0.25, -0.2) is 8.42 Å². The summed E-state index contributed by atoms with van der Waals surface area (Å²) in [4.78, 5) is 0. The number of benzene rings is 1. The largest absolute Gasteiger partial charge is 0.326 e. The molecule has 0 saturated heterocycles. The monoisotopic (exact) mass is 253 g/mol. The van der Waals surface area contributed by atoms with Crippen molar-refractivity contribution in [3.8, 4) is 0 Å². The number of hydrogen-bond acceptors (Lipinski definition) is 3. The lowest BCUT2D eigenvalue weighted by molar-refractivity contribution is 0.527. The second kappa shape index (κ2) is 4.42. The van der Waals surface area contributed by atoms with Crippen molar-refractivity contribution >= 4 is 9.84 Å². The summed E-state index contributed by atoms with van der Waals surface area (Å²) in [6.45, 7) is 0.396. The average Bonchev–Trinajstić information content (AvgIpc) is 2.78. The highest BCUT2D eigenvalue weighted by Gasteiger charge is 2.45. The van der Waals surface area contributed by atoms with Crippen LogP contribution in [0.15, 0.2) is 24.3 Å². The van der Waals surface area contributed by atoms with Crippen molar-refractivity contribution in [3.63, 3.8) is 0 Å². The Kier molecular flexibility index (Phi) is 3.27. The molecule has 2 rings (SSSR count). The van der Waals surface area contributed by atoms with E-state index in [1.165, 1.54) is 6.26 Å². The first-order valence-corrected chi connectivity index (χ1v) is 7.88. The van der Waals surface area contributed by atoms with E-state index < -0.39 is 14.6 Å². The van der Waals surface area contributed by atoms with Crippen molar-refractivity contribution in [1.82, 2.24) is 0 Å². The molecule has 0 atom stereocenters. The van der Waals surface area contributed by atoms with Crippen molar-refractivity contribution in [2.24, 2.45) is 5.73 Å². The second-order valence-corrected chi connectivity index (χ2v) is 7.16. The molecule has 0 amide bonds. The zero-order valence-corrected chi connectivity index (χ0v) is 11.0. The third kappa shape index (κ3) is 2.00. The van der Waals surface area contributed by atoms with Crippen LogP contribution in [0.25, 0.3) is 0 Å². The molecule has 1 aliphatic rings. The van der Waals surface area contributed by atoms with Gasteiger partial charge in [-0.05, 0) is 24.0 Å². The third-order valence-electron chi connectivity index (χ3n) is 3.85. The minimum Gasteiger partial charge on any atom is -0.326 e. The highest BCUT2D eigenvalue weighted by atomic mass is 32.2. The fourth-order valence-electron chi connectivity index (χ4n) is 2.93. The van der Waals surface area contributed by atoms with Crippen LogP contribution >= 0.6 is 0 Å². The predicted molar refractivity (Wildman–Crippen MR) is 69.3 cm³/mol. The van der Waals surface area contributed by atoms with Gasteiger partial charge >= 0.3 is 0 Å². The van der Waals surface area contributed by atoms with Crippen LogP contribution in [0, 0.1) is 0 Å². The zero-order valence-electron chi connectivity index (χ0n) is 10.1. The van der Waals surface area contributed by atoms with Crippen molar-refractivity contribution in [1.29, 1.82) is 0 Å². The number of nitrogens with two attached hydrogens (primary N) is 1. The van der Waals surface area contributed by atoms with E-state index in [1.54, 1.807) is 0 Å². The van der Waals surface area contributed by atoms with Crippen molar-refractivity contribution in [3.05, 3.63) is 35.4 Å². The molecule has 0 aliphatic heterocycles. The van der Waals surface area contributed by atoms with Gasteiger partial charge in [0.15, 0.2) is 9.84 Å². The van der Waals surface area contributed by atoms with Crippen LogP contribution < -0.4 is 5.73 Å². The Bertz CT molecular complexity index is 502. The van der Waals surface area contributed by atoms with E-state index in [1.807, 2.05) is 24.3 Å². The highest BCUT2D eigenvalue weighted by molar-refractivity contribution is 7.91. The fraction of sp³-hybridized carbons (Fsp3) is 0.538. The van der Waals surface area contributed by atoms with E-state index in [2.05, 4.69) is 0 Å². The molecule has 0 unspecified atom stereocenters. The Morgan fingerprint density at radius 1 is 1.24 bits per heavy atom. The summed E-state index contributed by atoms with van der Waals surface area (Å²) >= 11 is 0. The number of rotatable bonds is 3. The van der Waals surface area contributed by atoms with Crippen LogP contribution in [0.4, 0.5) is 0 Å². The maximum absolute atomic E-state index is 12.2. The Morgan fingerprint density at radius 2 is 1.82 bits per heavy atom. The lowest BCUT2D eigenvalue weighted by Crippen LogP contribution is -2.33. The standard InChI is InChI=1S/C13H19NO2S/c1-17(15,16)13(8-4-5-9-13)12-7-3-2-6-11(12)10-14/h2-3,6-7H,4-5,8-10,14H2,1H3. The summed E-state index contributed by atoms with van der Waals surface area (Å²) in [6.07, 6.45) is 4.76. The van der Waals surface area contributed by atoms with Gasteiger partial charge in [0, 0.05) is 12.8 Å². The highest BCUT2D eigenvalue weighted by Crippen LogP contribution is 2.46. The molecule has 2 N–H and O–H groups in total. The molecule has 0 aromatic heterocycles. The SMILES string of the molecule is CS(=O)(=O)C1(c2ccccc2CN)CCCC1. The summed E-state index contributed by atoms with van der Waals surface area (Å²) in [5.74, 6) is 0. The Labute approximate surface area is 103 Å². The molecule has 0 spiro atoms. The van der Waals surface area contributed by atoms with E-state index in [9.17, 15) is 8.42 Å². The molecule has 0 radical (unpaired) electrons. The molecule has 1 aromatic carbocycles. The van der Waals surface area contributed by atoms with E-state index in [0.29, 0.717) is 6.54 Å². The maximum Gasteiger partial charge on any atom is 0.157 e. The number of sulfone groups is 1. The Balaban J connectivity index is 2.62. The topological polar surface area (TPSA) is 60.2 Å². The van der Waals surface area contributed by atoms with Crippen LogP contribution in [0.2, 0.25) is 0 Å². The molecule has 94 valence electrons. The predicted octanol–water partition coefficient (Wildman–Crippen LogP) is 1.96. The molecule has 1 aromatic rings. The van der Waals surface area contributed by atoms with Crippen LogP contribution in [-0.2, 0) is 21.1 Å². The summed E-state index contributed by atoms with van der Waals surface area (Å²) in [6, 6.07) is 7.67. The minimum absolute atomic E-state index is 0.396. The van der Waals surface area contributed by atoms with Crippen LogP contribution in [0.1, 0.15) is 36.8 Å². The van der Waals surface area contributed by atoms with Gasteiger partial charge in [-0.3, -0.25) is 0 Å². The van der Waals surface area contributed by atoms with E-state index in [0.717, 1.165) is 36.8 Å². The normalized spacial score (nSPS) is 19.4. The van der Waals surface area contributed by atoms with Crippen molar-refractivity contribution in [2.75, 3.05) is 6.26 Å². The van der Waals surface area contributed by atoms with Gasteiger partial charge in [-0.15, -0.1) is 0 Å². The first kappa shape index (κ1) is 12.6. The lowest BCUT2D eigenvalue weighted by atomic mass is 9.92. The first-order chi connectivity index (χ1) is 8.01. The van der Waals surface area contributed by atoms with Gasteiger partial charge < -0.3 is 5.73 Å². The summed E-state index contributed by atoms with van der Waals surface area (Å²) in [5.41, 5.74) is 7.60. The van der Waals surface area contributed by atoms with Gasteiger partial charge in [0.1, 0.15) is 0 Å². The number of hydrogen-bond donors (Lipinski definition) is 1. The summed E-state index contributed by atoms with van der Waals surface area (Å²) < 4.78 is 23.7. The van der Waals surface area contributed by atoms with Crippen LogP contribution in [0.3, 0.4) is 0 Å². The molecular formula is C13H19NO2S. The molecule has 0 bridgehead atoms. The maximum atomic E-state index is 12.2. The van der Waals surface area contributed by atoms with Gasteiger partial charge in [0.05, 0.1) is 4.75 Å². The molecular weight excluding hydrogens is 234 g/mol. The fourth-order valence-corrected chi connectivity index (χ4v) is 4.56. The van der Waals surface area contributed by atoms with Gasteiger partial charge in [0.2, 0.25) is 0 Å². The Morgan fingerprint density at radius 3 is 2.35 bits per heavy atom. The van der Waals surface area contributed by atoms with Gasteiger partial charge in [-0.1, -0.05) is 37.1 Å². The third-order valence-corrected chi connectivity index (χ3v) is 5.90. The molecule has 3 nitrogen and oxygen atoms in total. The van der Waals surface area contributed by atoms with Crippen molar-refractivity contribution in [2.45, 2.75) is 37.0 Å². The first-order valence-electron chi connectivity index (χ1n) is 5.99. The molecule has 1 saturated carbocycles. The van der Waals surface area contributed by atoms with Crippen molar-refractivity contribution < 1.29 is 8.42 Å². The summed E-state index contributed by atoms with van der Waals surface area (Å²) in [5, 5.41) is 0. The minimum atomic E-state index is -3.11. The molecule has 17 heavy (non-hydrogen) atoms. The molecule has 0 heterocycles. The van der Waals surface area contributed by atoms with Gasteiger partial charge in [-0.2, -0.15) is 0 Å². The second-order valence-electron chi connectivity index (χ2n) is 4.83. The van der Waals surface area contributed by atoms with Crippen LogP contribution in [0.5, 0.6) is 0 Å². The molecule has 1 aliphatic carbocycles. The molecule has 4 heteroatoms. The Hall–Kier alpha value is -0.870.